The molecule has 174 valence electrons. The van der Waals surface area contributed by atoms with Crippen LogP contribution in [0.5, 0.6) is 0 Å². The summed E-state index contributed by atoms with van der Waals surface area (Å²) >= 11 is 0. The molecule has 2 N–H and O–H groups in total. The summed E-state index contributed by atoms with van der Waals surface area (Å²) in [6.45, 7) is 4.69. The van der Waals surface area contributed by atoms with E-state index in [0.29, 0.717) is 38.8 Å². The van der Waals surface area contributed by atoms with Gasteiger partial charge in [0.1, 0.15) is 4.90 Å². The monoisotopic (exact) mass is 566 g/mol. The molecule has 1 amide bonds. The van der Waals surface area contributed by atoms with E-state index in [0.717, 1.165) is 25.9 Å². The van der Waals surface area contributed by atoms with Crippen LogP contribution in [0.1, 0.15) is 12.8 Å². The minimum absolute atomic E-state index is 0. The van der Waals surface area contributed by atoms with Crippen molar-refractivity contribution in [1.29, 1.82) is 0 Å². The van der Waals surface area contributed by atoms with Gasteiger partial charge in [-0.3, -0.25) is 14.8 Å². The maximum absolute atomic E-state index is 12.7. The number of guanidine groups is 1. The van der Waals surface area contributed by atoms with Gasteiger partial charge in [-0.15, -0.1) is 24.0 Å². The summed E-state index contributed by atoms with van der Waals surface area (Å²) < 4.78 is 32.3. The molecule has 3 heterocycles. The maximum atomic E-state index is 12.7. The molecule has 0 aliphatic carbocycles. The Labute approximate surface area is 200 Å². The van der Waals surface area contributed by atoms with Crippen molar-refractivity contribution in [1.82, 2.24) is 24.8 Å². The predicted molar refractivity (Wildman–Crippen MR) is 128 cm³/mol. The highest BCUT2D eigenvalue weighted by Gasteiger charge is 2.30. The Kier molecular flexibility index (Phi) is 10.4. The summed E-state index contributed by atoms with van der Waals surface area (Å²) in [4.78, 5) is 24.9. The molecule has 0 spiro atoms. The van der Waals surface area contributed by atoms with Crippen LogP contribution in [0.4, 0.5) is 0 Å². The van der Waals surface area contributed by atoms with Crippen LogP contribution in [0.15, 0.2) is 34.4 Å². The Bertz CT molecular complexity index is 825. The van der Waals surface area contributed by atoms with Crippen LogP contribution < -0.4 is 10.0 Å². The van der Waals surface area contributed by atoms with Crippen LogP contribution in [0.3, 0.4) is 0 Å². The Morgan fingerprint density at radius 3 is 2.52 bits per heavy atom. The zero-order valence-corrected chi connectivity index (χ0v) is 20.8. The second-order valence-electron chi connectivity index (χ2n) is 7.26. The quantitative estimate of drug-likeness (QED) is 0.218. The van der Waals surface area contributed by atoms with Crippen LogP contribution in [-0.4, -0.2) is 94.6 Å². The third kappa shape index (κ3) is 7.26. The van der Waals surface area contributed by atoms with Gasteiger partial charge < -0.3 is 19.9 Å². The number of halogens is 1. The number of morpholine rings is 1. The third-order valence-corrected chi connectivity index (χ3v) is 6.77. The highest BCUT2D eigenvalue weighted by Crippen LogP contribution is 2.20. The molecule has 2 fully saturated rings. The van der Waals surface area contributed by atoms with Crippen LogP contribution in [0.25, 0.3) is 0 Å². The van der Waals surface area contributed by atoms with Crippen LogP contribution in [0, 0.1) is 5.92 Å². The minimum Gasteiger partial charge on any atom is -0.378 e. The zero-order chi connectivity index (χ0) is 21.4. The molecule has 10 nitrogen and oxygen atoms in total. The molecule has 3 rings (SSSR count). The Morgan fingerprint density at radius 2 is 1.90 bits per heavy atom. The average Bonchev–Trinajstić information content (AvgIpc) is 2.80. The van der Waals surface area contributed by atoms with Crippen molar-refractivity contribution < 1.29 is 17.9 Å². The van der Waals surface area contributed by atoms with E-state index in [-0.39, 0.29) is 47.2 Å². The smallest absolute Gasteiger partial charge is 0.242 e. The number of sulfonamides is 1. The molecule has 1 aromatic heterocycles. The first kappa shape index (κ1) is 25.7. The Morgan fingerprint density at radius 1 is 1.19 bits per heavy atom. The number of aliphatic imine (C=N–C) groups is 1. The third-order valence-electron chi connectivity index (χ3n) is 5.32. The molecule has 0 atom stereocenters. The van der Waals surface area contributed by atoms with Crippen molar-refractivity contribution in [2.75, 3.05) is 59.5 Å². The number of carbonyl (C=O) groups excluding carboxylic acids is 1. The summed E-state index contributed by atoms with van der Waals surface area (Å²) in [6, 6.07) is 3.09. The van der Waals surface area contributed by atoms with Crippen LogP contribution in [-0.2, 0) is 19.6 Å². The summed E-state index contributed by atoms with van der Waals surface area (Å²) in [5.41, 5.74) is 0. The second-order valence-corrected chi connectivity index (χ2v) is 9.03. The first-order chi connectivity index (χ1) is 14.5. The second kappa shape index (κ2) is 12.5. The lowest BCUT2D eigenvalue weighted by atomic mass is 9.95. The fourth-order valence-corrected chi connectivity index (χ4v) is 4.66. The zero-order valence-electron chi connectivity index (χ0n) is 17.7. The standard InChI is InChI=1S/C19H30N6O4S.HI/c1-20-19(22-7-8-23-30(27,28)17-3-2-6-21-15-17)25-9-4-16(5-10-25)18(26)24-11-13-29-14-12-24;/h2-3,6,15-16,23H,4-5,7-14H2,1H3,(H,20,22);1H. The van der Waals surface area contributed by atoms with Crippen molar-refractivity contribution in [2.45, 2.75) is 17.7 Å². The number of carbonyl (C=O) groups is 1. The highest BCUT2D eigenvalue weighted by molar-refractivity contribution is 14.0. The van der Waals surface area contributed by atoms with Gasteiger partial charge in [-0.05, 0) is 25.0 Å². The lowest BCUT2D eigenvalue weighted by Gasteiger charge is -2.36. The molecule has 0 unspecified atom stereocenters. The largest absolute Gasteiger partial charge is 0.378 e. The van der Waals surface area contributed by atoms with E-state index in [1.165, 1.54) is 18.5 Å². The molecule has 0 bridgehead atoms. The topological polar surface area (TPSA) is 116 Å². The number of pyridine rings is 1. The maximum Gasteiger partial charge on any atom is 0.242 e. The first-order valence-corrected chi connectivity index (χ1v) is 11.7. The summed E-state index contributed by atoms with van der Waals surface area (Å²) in [7, 11) is -1.87. The number of piperidine rings is 1. The van der Waals surface area contributed by atoms with Gasteiger partial charge in [0.2, 0.25) is 15.9 Å². The fraction of sp³-hybridized carbons (Fsp3) is 0.632. The molecule has 2 saturated heterocycles. The minimum atomic E-state index is -3.57. The Hall–Kier alpha value is -1.51. The number of hydrogen-bond donors (Lipinski definition) is 2. The number of ether oxygens (including phenoxy) is 1. The van der Waals surface area contributed by atoms with E-state index in [4.69, 9.17) is 4.74 Å². The van der Waals surface area contributed by atoms with E-state index >= 15 is 0 Å². The van der Waals surface area contributed by atoms with Gasteiger partial charge in [0, 0.05) is 64.6 Å². The number of hydrogen-bond acceptors (Lipinski definition) is 6. The number of nitrogens with one attached hydrogen (secondary N) is 2. The fourth-order valence-electron chi connectivity index (χ4n) is 3.66. The van der Waals surface area contributed by atoms with E-state index in [1.54, 1.807) is 13.1 Å². The van der Waals surface area contributed by atoms with E-state index in [9.17, 15) is 13.2 Å². The molecule has 2 aliphatic heterocycles. The van der Waals surface area contributed by atoms with Crippen molar-refractivity contribution in [2.24, 2.45) is 10.9 Å². The summed E-state index contributed by atoms with van der Waals surface area (Å²) in [5.74, 6) is 0.988. The molecule has 0 saturated carbocycles. The van der Waals surface area contributed by atoms with Gasteiger partial charge in [-0.2, -0.15) is 0 Å². The van der Waals surface area contributed by atoms with E-state index < -0.39 is 10.0 Å². The highest BCUT2D eigenvalue weighted by atomic mass is 127. The number of amides is 1. The van der Waals surface area contributed by atoms with E-state index in [1.807, 2.05) is 4.90 Å². The molecule has 2 aliphatic rings. The van der Waals surface area contributed by atoms with Crippen molar-refractivity contribution in [3.63, 3.8) is 0 Å². The lowest BCUT2D eigenvalue weighted by molar-refractivity contribution is -0.140. The molecule has 31 heavy (non-hydrogen) atoms. The Balaban J connectivity index is 0.00000341. The van der Waals surface area contributed by atoms with Crippen LogP contribution in [0.2, 0.25) is 0 Å². The average molecular weight is 566 g/mol. The number of likely N-dealkylation sites (tertiary alicyclic amines) is 1. The number of aromatic nitrogens is 1. The molecule has 12 heteroatoms. The summed E-state index contributed by atoms with van der Waals surface area (Å²) in [5, 5.41) is 3.19. The van der Waals surface area contributed by atoms with E-state index in [2.05, 4.69) is 24.9 Å². The van der Waals surface area contributed by atoms with Gasteiger partial charge in [-0.1, -0.05) is 0 Å². The molecule has 0 aromatic carbocycles. The molecule has 1 aromatic rings. The molecule has 0 radical (unpaired) electrons. The number of nitrogens with zero attached hydrogens (tertiary/aromatic N) is 4. The van der Waals surface area contributed by atoms with Gasteiger partial charge >= 0.3 is 0 Å². The first-order valence-electron chi connectivity index (χ1n) is 10.2. The normalized spacial score (nSPS) is 18.4. The van der Waals surface area contributed by atoms with Gasteiger partial charge in [0.05, 0.1) is 13.2 Å². The molecular weight excluding hydrogens is 535 g/mol. The SMILES string of the molecule is CN=C(NCCNS(=O)(=O)c1cccnc1)N1CCC(C(=O)N2CCOCC2)CC1.I. The van der Waals surface area contributed by atoms with Crippen molar-refractivity contribution >= 4 is 45.9 Å². The van der Waals surface area contributed by atoms with Crippen LogP contribution >= 0.6 is 24.0 Å². The summed E-state index contributed by atoms with van der Waals surface area (Å²) in [6.07, 6.45) is 4.41. The van der Waals surface area contributed by atoms with Gasteiger partial charge in [-0.25, -0.2) is 13.1 Å². The molecular formula is C19H31IN6O4S. The van der Waals surface area contributed by atoms with Gasteiger partial charge in [0.15, 0.2) is 5.96 Å². The van der Waals surface area contributed by atoms with Gasteiger partial charge in [0.25, 0.3) is 0 Å². The lowest BCUT2D eigenvalue weighted by Crippen LogP contribution is -2.50. The van der Waals surface area contributed by atoms with Crippen molar-refractivity contribution in [3.8, 4) is 0 Å². The van der Waals surface area contributed by atoms with Crippen molar-refractivity contribution in [3.05, 3.63) is 24.5 Å². The number of rotatable bonds is 6. The predicted octanol–water partition coefficient (Wildman–Crippen LogP) is 0.124.